The maximum Gasteiger partial charge on any atom is 0.110 e. The molecule has 2 nitrogen and oxygen atoms in total. The highest BCUT2D eigenvalue weighted by atomic mass is 32.1. The molecule has 1 unspecified atom stereocenters. The van der Waals surface area contributed by atoms with Gasteiger partial charge in [0.05, 0.1) is 6.04 Å². The van der Waals surface area contributed by atoms with Crippen molar-refractivity contribution in [1.29, 1.82) is 0 Å². The van der Waals surface area contributed by atoms with Crippen molar-refractivity contribution in [2.45, 2.75) is 58.0 Å². The number of hydrogen-bond donors (Lipinski definition) is 1. The number of aryl methyl sites for hydroxylation is 1. The van der Waals surface area contributed by atoms with Crippen LogP contribution in [0, 0.1) is 6.92 Å². The van der Waals surface area contributed by atoms with Gasteiger partial charge >= 0.3 is 0 Å². The molecule has 1 N–H and O–H groups in total. The van der Waals surface area contributed by atoms with Crippen LogP contribution in [-0.4, -0.2) is 11.0 Å². The van der Waals surface area contributed by atoms with E-state index in [1.54, 1.807) is 11.3 Å². The first kappa shape index (κ1) is 11.1. The lowest BCUT2D eigenvalue weighted by Gasteiger charge is -2.15. The maximum absolute atomic E-state index is 4.60. The fourth-order valence-corrected chi connectivity index (χ4v) is 2.64. The molecule has 3 heteroatoms. The molecule has 84 valence electrons. The Morgan fingerprint density at radius 1 is 1.60 bits per heavy atom. The Morgan fingerprint density at radius 2 is 2.40 bits per heavy atom. The van der Waals surface area contributed by atoms with Crippen molar-refractivity contribution in [2.75, 3.05) is 0 Å². The molecule has 1 aliphatic rings. The van der Waals surface area contributed by atoms with E-state index >= 15 is 0 Å². The molecule has 2 rings (SSSR count). The highest BCUT2D eigenvalue weighted by Crippen LogP contribution is 2.28. The number of thiazole rings is 1. The monoisotopic (exact) mass is 224 g/mol. The van der Waals surface area contributed by atoms with Gasteiger partial charge in [0, 0.05) is 17.1 Å². The highest BCUT2D eigenvalue weighted by Gasteiger charge is 2.26. The summed E-state index contributed by atoms with van der Waals surface area (Å²) < 4.78 is 0. The summed E-state index contributed by atoms with van der Waals surface area (Å²) in [6.45, 7) is 4.33. The first-order valence-corrected chi connectivity index (χ1v) is 6.85. The van der Waals surface area contributed by atoms with E-state index in [1.807, 2.05) is 0 Å². The second kappa shape index (κ2) is 5.08. The average molecular weight is 224 g/mol. The van der Waals surface area contributed by atoms with Crippen LogP contribution in [0.15, 0.2) is 5.38 Å². The van der Waals surface area contributed by atoms with E-state index < -0.39 is 0 Å². The minimum absolute atomic E-state index is 0.510. The molecular formula is C12H20N2S. The fourth-order valence-electron chi connectivity index (χ4n) is 1.75. The summed E-state index contributed by atoms with van der Waals surface area (Å²) in [4.78, 5) is 4.60. The summed E-state index contributed by atoms with van der Waals surface area (Å²) in [6.07, 6.45) is 6.51. The zero-order chi connectivity index (χ0) is 10.7. The Labute approximate surface area is 96.1 Å². The summed E-state index contributed by atoms with van der Waals surface area (Å²) in [5, 5.41) is 7.14. The Hall–Kier alpha value is -0.410. The van der Waals surface area contributed by atoms with Gasteiger partial charge in [-0.15, -0.1) is 11.3 Å². The summed E-state index contributed by atoms with van der Waals surface area (Å²) >= 11 is 1.80. The molecule has 15 heavy (non-hydrogen) atoms. The molecule has 0 bridgehead atoms. The van der Waals surface area contributed by atoms with Gasteiger partial charge in [0.1, 0.15) is 5.01 Å². The van der Waals surface area contributed by atoms with Gasteiger partial charge in [0.2, 0.25) is 0 Å². The van der Waals surface area contributed by atoms with E-state index in [0.29, 0.717) is 6.04 Å². The number of hydrogen-bond acceptors (Lipinski definition) is 3. The maximum atomic E-state index is 4.60. The van der Waals surface area contributed by atoms with Gasteiger partial charge in [-0.2, -0.15) is 0 Å². The Bertz CT molecular complexity index is 304. The van der Waals surface area contributed by atoms with Crippen LogP contribution < -0.4 is 5.32 Å². The summed E-state index contributed by atoms with van der Waals surface area (Å²) in [6, 6.07) is 1.28. The summed E-state index contributed by atoms with van der Waals surface area (Å²) in [5.74, 6) is 0. The SMILES string of the molecule is CCCCC(NC1CC1)c1nc(C)cs1. The van der Waals surface area contributed by atoms with E-state index in [1.165, 1.54) is 37.1 Å². The van der Waals surface area contributed by atoms with Crippen LogP contribution in [0.2, 0.25) is 0 Å². The van der Waals surface area contributed by atoms with Crippen LogP contribution in [0.1, 0.15) is 55.8 Å². The van der Waals surface area contributed by atoms with Crippen molar-refractivity contribution in [2.24, 2.45) is 0 Å². The molecule has 1 aromatic heterocycles. The average Bonchev–Trinajstić information content (AvgIpc) is 2.94. The van der Waals surface area contributed by atoms with Crippen LogP contribution >= 0.6 is 11.3 Å². The van der Waals surface area contributed by atoms with Crippen molar-refractivity contribution in [3.63, 3.8) is 0 Å². The van der Waals surface area contributed by atoms with E-state index in [-0.39, 0.29) is 0 Å². The first-order valence-electron chi connectivity index (χ1n) is 5.97. The van der Waals surface area contributed by atoms with Gasteiger partial charge in [-0.25, -0.2) is 4.98 Å². The van der Waals surface area contributed by atoms with Crippen LogP contribution in [0.25, 0.3) is 0 Å². The standard InChI is InChI=1S/C12H20N2S/c1-3-4-5-11(14-10-6-7-10)12-13-9(2)8-15-12/h8,10-11,14H,3-7H2,1-2H3. The van der Waals surface area contributed by atoms with Crippen molar-refractivity contribution < 1.29 is 0 Å². The summed E-state index contributed by atoms with van der Waals surface area (Å²) in [7, 11) is 0. The van der Waals surface area contributed by atoms with Crippen LogP contribution in [0.5, 0.6) is 0 Å². The van der Waals surface area contributed by atoms with E-state index in [0.717, 1.165) is 11.7 Å². The van der Waals surface area contributed by atoms with Crippen molar-refractivity contribution in [3.05, 3.63) is 16.1 Å². The third-order valence-electron chi connectivity index (χ3n) is 2.80. The predicted octanol–water partition coefficient (Wildman–Crippen LogP) is 3.43. The predicted molar refractivity (Wildman–Crippen MR) is 65.3 cm³/mol. The van der Waals surface area contributed by atoms with Gasteiger partial charge in [-0.1, -0.05) is 19.8 Å². The lowest BCUT2D eigenvalue weighted by atomic mass is 10.1. The highest BCUT2D eigenvalue weighted by molar-refractivity contribution is 7.09. The first-order chi connectivity index (χ1) is 7.29. The van der Waals surface area contributed by atoms with Gasteiger partial charge in [-0.05, 0) is 26.2 Å². The molecule has 0 radical (unpaired) electrons. The normalized spacial score (nSPS) is 18.0. The lowest BCUT2D eigenvalue weighted by molar-refractivity contribution is 0.476. The molecule has 1 atom stereocenters. The van der Waals surface area contributed by atoms with Crippen molar-refractivity contribution in [1.82, 2.24) is 10.3 Å². The van der Waals surface area contributed by atoms with E-state index in [4.69, 9.17) is 0 Å². The number of unbranched alkanes of at least 4 members (excludes halogenated alkanes) is 1. The molecule has 0 aromatic carbocycles. The molecule has 1 aliphatic carbocycles. The topological polar surface area (TPSA) is 24.9 Å². The summed E-state index contributed by atoms with van der Waals surface area (Å²) in [5.41, 5.74) is 1.16. The lowest BCUT2D eigenvalue weighted by Crippen LogP contribution is -2.23. The zero-order valence-electron chi connectivity index (χ0n) is 9.62. The van der Waals surface area contributed by atoms with Gasteiger partial charge in [0.25, 0.3) is 0 Å². The van der Waals surface area contributed by atoms with E-state index in [2.05, 4.69) is 29.5 Å². The smallest absolute Gasteiger partial charge is 0.110 e. The third-order valence-corrected chi connectivity index (χ3v) is 3.87. The number of nitrogens with one attached hydrogen (secondary N) is 1. The second-order valence-corrected chi connectivity index (χ2v) is 5.35. The Kier molecular flexibility index (Phi) is 3.76. The molecule has 1 heterocycles. The molecule has 0 saturated heterocycles. The second-order valence-electron chi connectivity index (χ2n) is 4.46. The van der Waals surface area contributed by atoms with Crippen LogP contribution in [-0.2, 0) is 0 Å². The van der Waals surface area contributed by atoms with Crippen molar-refractivity contribution in [3.8, 4) is 0 Å². The quantitative estimate of drug-likeness (QED) is 0.800. The molecule has 1 aromatic rings. The van der Waals surface area contributed by atoms with Gasteiger partial charge in [-0.3, -0.25) is 0 Å². The van der Waals surface area contributed by atoms with Gasteiger partial charge < -0.3 is 5.32 Å². The third kappa shape index (κ3) is 3.28. The molecular weight excluding hydrogens is 204 g/mol. The number of aromatic nitrogens is 1. The van der Waals surface area contributed by atoms with Crippen LogP contribution in [0.3, 0.4) is 0 Å². The zero-order valence-corrected chi connectivity index (χ0v) is 10.4. The minimum Gasteiger partial charge on any atom is -0.305 e. The Morgan fingerprint density at radius 3 is 2.93 bits per heavy atom. The molecule has 0 aliphatic heterocycles. The van der Waals surface area contributed by atoms with Crippen molar-refractivity contribution >= 4 is 11.3 Å². The number of nitrogens with zero attached hydrogens (tertiary/aromatic N) is 1. The molecule has 1 fully saturated rings. The molecule has 0 spiro atoms. The van der Waals surface area contributed by atoms with Gasteiger partial charge in [0.15, 0.2) is 0 Å². The van der Waals surface area contributed by atoms with Crippen LogP contribution in [0.4, 0.5) is 0 Å². The number of rotatable bonds is 6. The minimum atomic E-state index is 0.510. The largest absolute Gasteiger partial charge is 0.305 e. The molecule has 1 saturated carbocycles. The Balaban J connectivity index is 1.96. The van der Waals surface area contributed by atoms with E-state index in [9.17, 15) is 0 Å². The molecule has 0 amide bonds. The fraction of sp³-hybridized carbons (Fsp3) is 0.750.